The van der Waals surface area contributed by atoms with E-state index < -0.39 is 97.5 Å². The third-order valence-electron chi connectivity index (χ3n) is 15.1. The zero-order valence-electron chi connectivity index (χ0n) is 55.3. The Labute approximate surface area is 522 Å². The molecular weight excluding hydrogens is 1140 g/mol. The fraction of sp³-hybridized carbons (Fsp3) is 0.881. The molecule has 4 unspecified atom stereocenters. The van der Waals surface area contributed by atoms with Crippen molar-refractivity contribution in [3.63, 3.8) is 0 Å². The molecule has 0 heterocycles. The lowest BCUT2D eigenvalue weighted by atomic mass is 10.00. The summed E-state index contributed by atoms with van der Waals surface area (Å²) in [5.74, 6) is -0.0181. The first-order chi connectivity index (χ1) is 41.3. The number of ether oxygens (including phenoxy) is 4. The molecule has 0 amide bonds. The number of unbranched alkanes of at least 4 members (excludes halogenated alkanes) is 27. The van der Waals surface area contributed by atoms with Crippen molar-refractivity contribution in [1.29, 1.82) is 0 Å². The number of phosphoric acid groups is 2. The van der Waals surface area contributed by atoms with Crippen LogP contribution in [0.5, 0.6) is 0 Å². The molecule has 0 aliphatic rings. The maximum atomic E-state index is 13.0. The van der Waals surface area contributed by atoms with Crippen molar-refractivity contribution < 1.29 is 80.2 Å². The van der Waals surface area contributed by atoms with E-state index in [1.165, 1.54) is 89.9 Å². The monoisotopic (exact) mass is 1260 g/mol. The summed E-state index contributed by atoms with van der Waals surface area (Å²) in [7, 11) is -9.91. The third-order valence-corrected chi connectivity index (χ3v) is 17.0. The Hall–Kier alpha value is -2.46. The maximum Gasteiger partial charge on any atom is 0.472 e. The summed E-state index contributed by atoms with van der Waals surface area (Å²) in [5, 5.41) is 10.6. The van der Waals surface area contributed by atoms with Crippen LogP contribution in [0.2, 0.25) is 0 Å². The van der Waals surface area contributed by atoms with Crippen molar-refractivity contribution >= 4 is 39.5 Å². The zero-order valence-corrected chi connectivity index (χ0v) is 57.0. The van der Waals surface area contributed by atoms with Crippen molar-refractivity contribution in [1.82, 2.24) is 0 Å². The van der Waals surface area contributed by atoms with E-state index in [0.717, 1.165) is 121 Å². The normalized spacial score (nSPS) is 14.8. The van der Waals surface area contributed by atoms with E-state index in [1.54, 1.807) is 0 Å². The molecule has 19 heteroatoms. The molecule has 17 nitrogen and oxygen atoms in total. The number of allylic oxidation sites excluding steroid dienone is 4. The lowest BCUT2D eigenvalue weighted by Gasteiger charge is -2.21. The van der Waals surface area contributed by atoms with Gasteiger partial charge in [0.25, 0.3) is 0 Å². The summed E-state index contributed by atoms with van der Waals surface area (Å²) in [4.78, 5) is 72.3. The fourth-order valence-corrected chi connectivity index (χ4v) is 11.0. The van der Waals surface area contributed by atoms with Gasteiger partial charge in [0.2, 0.25) is 0 Å². The number of phosphoric ester groups is 2. The summed E-state index contributed by atoms with van der Waals surface area (Å²) in [5.41, 5.74) is 0. The molecule has 0 fully saturated rings. The molecule has 0 spiro atoms. The lowest BCUT2D eigenvalue weighted by molar-refractivity contribution is -0.161. The van der Waals surface area contributed by atoms with Crippen molar-refractivity contribution in [3.05, 3.63) is 24.3 Å². The smallest absolute Gasteiger partial charge is 0.462 e. The number of rotatable bonds is 63. The van der Waals surface area contributed by atoms with E-state index in [4.69, 9.17) is 37.0 Å². The molecule has 0 rings (SSSR count). The predicted octanol–water partition coefficient (Wildman–Crippen LogP) is 18.2. The van der Waals surface area contributed by atoms with Crippen LogP contribution < -0.4 is 0 Å². The molecule has 0 bridgehead atoms. The fourth-order valence-electron chi connectivity index (χ4n) is 9.44. The topological polar surface area (TPSA) is 237 Å². The SMILES string of the molecule is CCCCCC/C=C\C=C/CCCCCCCC(=O)O[C@H](COC(=O)CCCCCCCCCC(C)C)COP(=O)(O)OCC(O)COP(=O)(O)OC[C@@H](COC(=O)CCCCCCCCC(C)CC)OC(=O)CCCCCCCCCCC(C)C. The van der Waals surface area contributed by atoms with Gasteiger partial charge in [-0.25, -0.2) is 9.13 Å². The van der Waals surface area contributed by atoms with E-state index >= 15 is 0 Å². The molecule has 0 aliphatic carbocycles. The second-order valence-electron chi connectivity index (χ2n) is 24.7. The maximum absolute atomic E-state index is 13.0. The number of hydrogen-bond donors (Lipinski definition) is 3. The summed E-state index contributed by atoms with van der Waals surface area (Å²) in [6.07, 6.45) is 42.7. The molecule has 0 aromatic heterocycles. The Kier molecular flexibility index (Phi) is 56.0. The summed E-state index contributed by atoms with van der Waals surface area (Å²) < 4.78 is 68.0. The first kappa shape index (κ1) is 83.5. The second-order valence-corrected chi connectivity index (χ2v) is 27.6. The highest BCUT2D eigenvalue weighted by Gasteiger charge is 2.30. The Morgan fingerprint density at radius 1 is 0.384 bits per heavy atom. The predicted molar refractivity (Wildman–Crippen MR) is 344 cm³/mol. The van der Waals surface area contributed by atoms with Crippen molar-refractivity contribution in [2.24, 2.45) is 17.8 Å². The van der Waals surface area contributed by atoms with Gasteiger partial charge in [0.15, 0.2) is 12.2 Å². The highest BCUT2D eigenvalue weighted by atomic mass is 31.2. The van der Waals surface area contributed by atoms with Gasteiger partial charge in [0, 0.05) is 25.7 Å². The Morgan fingerprint density at radius 2 is 0.686 bits per heavy atom. The molecular formula is C67H126O17P2. The van der Waals surface area contributed by atoms with E-state index in [9.17, 15) is 43.2 Å². The average molecular weight is 1270 g/mol. The molecule has 0 aliphatic heterocycles. The van der Waals surface area contributed by atoms with E-state index in [0.29, 0.717) is 37.5 Å². The largest absolute Gasteiger partial charge is 0.472 e. The minimum Gasteiger partial charge on any atom is -0.462 e. The van der Waals surface area contributed by atoms with Crippen molar-refractivity contribution in [2.45, 2.75) is 324 Å². The van der Waals surface area contributed by atoms with Gasteiger partial charge in [-0.1, -0.05) is 253 Å². The molecule has 0 saturated carbocycles. The van der Waals surface area contributed by atoms with Crippen LogP contribution in [0.3, 0.4) is 0 Å². The Balaban J connectivity index is 5.29. The summed E-state index contributed by atoms with van der Waals surface area (Å²) >= 11 is 0. The molecule has 0 saturated heterocycles. The second kappa shape index (κ2) is 57.7. The Morgan fingerprint density at radius 3 is 1.03 bits per heavy atom. The van der Waals surface area contributed by atoms with Gasteiger partial charge in [0.1, 0.15) is 19.3 Å². The highest BCUT2D eigenvalue weighted by Crippen LogP contribution is 2.45. The van der Waals surface area contributed by atoms with Gasteiger partial charge >= 0.3 is 39.5 Å². The minimum absolute atomic E-state index is 0.0835. The lowest BCUT2D eigenvalue weighted by Crippen LogP contribution is -2.30. The van der Waals surface area contributed by atoms with Gasteiger partial charge in [-0.2, -0.15) is 0 Å². The number of carbonyl (C=O) groups is 4. The van der Waals surface area contributed by atoms with Crippen molar-refractivity contribution in [2.75, 3.05) is 39.6 Å². The minimum atomic E-state index is -4.96. The molecule has 0 aromatic carbocycles. The zero-order chi connectivity index (χ0) is 63.8. The standard InChI is InChI=1S/C67H126O17P2/c1-8-10-11-12-13-14-15-16-17-18-19-20-26-36-43-50-66(71)83-62(54-77-64(69)48-41-34-28-23-25-32-39-46-59(5)6)56-81-85(73,74)79-52-61(68)53-80-86(75,76)82-57-63(55-78-65(70)49-42-35-30-29-33-40-47-60(7)9-2)84-67(72)51-44-37-27-22-21-24-31-38-45-58(3)4/h14-17,58-63,68H,8-13,18-57H2,1-7H3,(H,73,74)(H,75,76)/b15-14-,17-16-/t60?,61?,62-,63-/m1/s1. The van der Waals surface area contributed by atoms with E-state index in [-0.39, 0.29) is 25.7 Å². The quantitative estimate of drug-likeness (QED) is 0.0169. The number of hydrogen-bond acceptors (Lipinski definition) is 15. The molecule has 506 valence electrons. The van der Waals surface area contributed by atoms with Crippen LogP contribution in [0.1, 0.15) is 305 Å². The van der Waals surface area contributed by atoms with Crippen molar-refractivity contribution in [3.8, 4) is 0 Å². The van der Waals surface area contributed by atoms with E-state index in [2.05, 4.69) is 72.8 Å². The van der Waals surface area contributed by atoms with Crippen LogP contribution in [-0.2, 0) is 65.4 Å². The van der Waals surface area contributed by atoms with Crippen LogP contribution in [-0.4, -0.2) is 96.7 Å². The number of aliphatic hydroxyl groups is 1. The average Bonchev–Trinajstić information content (AvgIpc) is 3.69. The first-order valence-corrected chi connectivity index (χ1v) is 37.2. The third kappa shape index (κ3) is 59.2. The number of esters is 4. The molecule has 3 N–H and O–H groups in total. The molecule has 0 radical (unpaired) electrons. The van der Waals surface area contributed by atoms with E-state index in [1.807, 2.05) is 0 Å². The van der Waals surface area contributed by atoms with Crippen LogP contribution in [0.15, 0.2) is 24.3 Å². The van der Waals surface area contributed by atoms with Gasteiger partial charge < -0.3 is 33.8 Å². The van der Waals surface area contributed by atoms with Gasteiger partial charge in [-0.3, -0.25) is 37.3 Å². The van der Waals surface area contributed by atoms with Crippen LogP contribution in [0.25, 0.3) is 0 Å². The number of aliphatic hydroxyl groups excluding tert-OH is 1. The molecule has 86 heavy (non-hydrogen) atoms. The summed E-state index contributed by atoms with van der Waals surface area (Å²) in [6.45, 7) is 11.6. The number of carbonyl (C=O) groups excluding carboxylic acids is 4. The highest BCUT2D eigenvalue weighted by molar-refractivity contribution is 7.47. The molecule has 0 aromatic rings. The van der Waals surface area contributed by atoms with Gasteiger partial charge in [0.05, 0.1) is 26.4 Å². The van der Waals surface area contributed by atoms with Crippen LogP contribution >= 0.6 is 15.6 Å². The van der Waals surface area contributed by atoms with Gasteiger partial charge in [-0.05, 0) is 69.1 Å². The first-order valence-electron chi connectivity index (χ1n) is 34.2. The van der Waals surface area contributed by atoms with Crippen LogP contribution in [0.4, 0.5) is 0 Å². The van der Waals surface area contributed by atoms with Crippen LogP contribution in [0, 0.1) is 17.8 Å². The molecule has 6 atom stereocenters. The Bertz CT molecular complexity index is 1790. The summed E-state index contributed by atoms with van der Waals surface area (Å²) in [6, 6.07) is 0. The van der Waals surface area contributed by atoms with Gasteiger partial charge in [-0.15, -0.1) is 0 Å².